The van der Waals surface area contributed by atoms with E-state index >= 15 is 0 Å². The number of ketones is 1. The van der Waals surface area contributed by atoms with E-state index in [4.69, 9.17) is 0 Å². The summed E-state index contributed by atoms with van der Waals surface area (Å²) < 4.78 is 0.576. The largest absolute Gasteiger partial charge is 0.507 e. The molecule has 0 unspecified atom stereocenters. The van der Waals surface area contributed by atoms with Gasteiger partial charge in [-0.2, -0.15) is 0 Å². The number of rotatable bonds is 2. The second kappa shape index (κ2) is 3.54. The predicted molar refractivity (Wildman–Crippen MR) is 50.3 cm³/mol. The fourth-order valence-electron chi connectivity index (χ4n) is 0.859. The summed E-state index contributed by atoms with van der Waals surface area (Å²) in [5.74, 6) is -0.325. The summed E-state index contributed by atoms with van der Waals surface area (Å²) in [4.78, 5) is 11.1. The molecule has 0 fully saturated rings. The van der Waals surface area contributed by atoms with Gasteiger partial charge in [0.05, 0.1) is 5.56 Å². The molecule has 0 aliphatic rings. The van der Waals surface area contributed by atoms with Gasteiger partial charge in [0.1, 0.15) is 5.75 Å². The average Bonchev–Trinajstić information content (AvgIpc) is 2.03. The third-order valence-corrected chi connectivity index (χ3v) is 2.08. The van der Waals surface area contributed by atoms with Crippen LogP contribution in [0.3, 0.4) is 0 Å². The highest BCUT2D eigenvalue weighted by Crippen LogP contribution is 2.25. The third kappa shape index (κ3) is 1.56. The lowest BCUT2D eigenvalue weighted by molar-refractivity contribution is 0.104. The molecule has 0 spiro atoms. The normalized spacial score (nSPS) is 9.42. The zero-order chi connectivity index (χ0) is 9.14. The second-order valence-corrected chi connectivity index (χ2v) is 3.06. The van der Waals surface area contributed by atoms with E-state index in [0.29, 0.717) is 4.47 Å². The van der Waals surface area contributed by atoms with E-state index in [2.05, 4.69) is 22.5 Å². The zero-order valence-electron chi connectivity index (χ0n) is 6.25. The molecule has 0 aliphatic carbocycles. The Kier molecular flexibility index (Phi) is 2.65. The summed E-state index contributed by atoms with van der Waals surface area (Å²) in [7, 11) is 0. The first-order valence-corrected chi connectivity index (χ1v) is 4.10. The Morgan fingerprint density at radius 1 is 1.58 bits per heavy atom. The van der Waals surface area contributed by atoms with Gasteiger partial charge in [-0.25, -0.2) is 0 Å². The maximum absolute atomic E-state index is 11.1. The van der Waals surface area contributed by atoms with Crippen molar-refractivity contribution in [2.75, 3.05) is 0 Å². The van der Waals surface area contributed by atoms with Gasteiger partial charge in [0.25, 0.3) is 0 Å². The standard InChI is InChI=1S/C9H7BrO2/c1-2-7(11)9-6(10)4-3-5-8(9)12/h2-5,12H,1H2. The van der Waals surface area contributed by atoms with Gasteiger partial charge in [-0.05, 0) is 34.1 Å². The number of hydrogen-bond acceptors (Lipinski definition) is 2. The van der Waals surface area contributed by atoms with Crippen LogP contribution in [0.5, 0.6) is 5.75 Å². The van der Waals surface area contributed by atoms with Gasteiger partial charge in [0.2, 0.25) is 0 Å². The fraction of sp³-hybridized carbons (Fsp3) is 0. The highest BCUT2D eigenvalue weighted by atomic mass is 79.9. The summed E-state index contributed by atoms with van der Waals surface area (Å²) in [6.07, 6.45) is 1.17. The van der Waals surface area contributed by atoms with Crippen molar-refractivity contribution >= 4 is 21.7 Å². The van der Waals surface area contributed by atoms with Crippen LogP contribution in [0, 0.1) is 0 Å². The Labute approximate surface area is 78.7 Å². The van der Waals surface area contributed by atoms with Gasteiger partial charge in [-0.15, -0.1) is 0 Å². The summed E-state index contributed by atoms with van der Waals surface area (Å²) >= 11 is 3.16. The number of allylic oxidation sites excluding steroid dienone is 1. The molecule has 0 amide bonds. The molecule has 12 heavy (non-hydrogen) atoms. The maximum Gasteiger partial charge on any atom is 0.190 e. The van der Waals surface area contributed by atoms with E-state index in [9.17, 15) is 9.90 Å². The molecule has 0 atom stereocenters. The molecular formula is C9H7BrO2. The molecule has 0 radical (unpaired) electrons. The van der Waals surface area contributed by atoms with Crippen LogP contribution in [-0.4, -0.2) is 10.9 Å². The smallest absolute Gasteiger partial charge is 0.190 e. The number of carbonyl (C=O) groups excluding carboxylic acids is 1. The van der Waals surface area contributed by atoms with Crippen LogP contribution in [0.25, 0.3) is 0 Å². The molecule has 1 rings (SSSR count). The van der Waals surface area contributed by atoms with Crippen LogP contribution in [0.15, 0.2) is 35.3 Å². The summed E-state index contributed by atoms with van der Waals surface area (Å²) in [6, 6.07) is 4.80. The van der Waals surface area contributed by atoms with Gasteiger partial charge in [-0.3, -0.25) is 4.79 Å². The van der Waals surface area contributed by atoms with Crippen LogP contribution in [0.4, 0.5) is 0 Å². The summed E-state index contributed by atoms with van der Waals surface area (Å²) in [5, 5.41) is 9.29. The molecule has 0 saturated carbocycles. The lowest BCUT2D eigenvalue weighted by Crippen LogP contribution is -1.95. The number of halogens is 1. The fourth-order valence-corrected chi connectivity index (χ4v) is 1.41. The Morgan fingerprint density at radius 2 is 2.25 bits per heavy atom. The van der Waals surface area contributed by atoms with Crippen molar-refractivity contribution in [3.05, 3.63) is 40.9 Å². The number of phenolic OH excluding ortho intramolecular Hbond substituents is 1. The van der Waals surface area contributed by atoms with Crippen LogP contribution in [-0.2, 0) is 0 Å². The highest BCUT2D eigenvalue weighted by Gasteiger charge is 2.10. The van der Waals surface area contributed by atoms with Gasteiger partial charge in [0, 0.05) is 4.47 Å². The Morgan fingerprint density at radius 3 is 2.75 bits per heavy atom. The van der Waals surface area contributed by atoms with Crippen molar-refractivity contribution in [2.45, 2.75) is 0 Å². The molecule has 1 N–H and O–H groups in total. The van der Waals surface area contributed by atoms with E-state index in [1.807, 2.05) is 0 Å². The molecule has 0 aromatic heterocycles. The molecule has 0 bridgehead atoms. The van der Waals surface area contributed by atoms with E-state index in [1.54, 1.807) is 12.1 Å². The quantitative estimate of drug-likeness (QED) is 0.622. The monoisotopic (exact) mass is 226 g/mol. The Bertz CT molecular complexity index is 311. The first-order valence-electron chi connectivity index (χ1n) is 3.31. The number of phenols is 1. The van der Waals surface area contributed by atoms with Crippen molar-refractivity contribution in [2.24, 2.45) is 0 Å². The highest BCUT2D eigenvalue weighted by molar-refractivity contribution is 9.10. The van der Waals surface area contributed by atoms with Crippen LogP contribution >= 0.6 is 15.9 Å². The summed E-state index contributed by atoms with van der Waals surface area (Å²) in [5.41, 5.74) is 0.257. The zero-order valence-corrected chi connectivity index (χ0v) is 7.84. The lowest BCUT2D eigenvalue weighted by Gasteiger charge is -2.01. The average molecular weight is 227 g/mol. The number of benzene rings is 1. The van der Waals surface area contributed by atoms with Gasteiger partial charge in [0.15, 0.2) is 5.78 Å². The van der Waals surface area contributed by atoms with Crippen LogP contribution < -0.4 is 0 Å². The minimum atomic E-state index is -0.292. The van der Waals surface area contributed by atoms with Crippen molar-refractivity contribution < 1.29 is 9.90 Å². The first-order chi connectivity index (χ1) is 5.66. The molecule has 0 aliphatic heterocycles. The number of hydrogen-bond donors (Lipinski definition) is 1. The van der Waals surface area contributed by atoms with Crippen molar-refractivity contribution in [1.29, 1.82) is 0 Å². The van der Waals surface area contributed by atoms with Crippen LogP contribution in [0.1, 0.15) is 10.4 Å². The Balaban J connectivity index is 3.30. The molecular weight excluding hydrogens is 220 g/mol. The van der Waals surface area contributed by atoms with E-state index in [0.717, 1.165) is 0 Å². The number of carbonyl (C=O) groups is 1. The molecule has 1 aromatic rings. The van der Waals surface area contributed by atoms with Crippen LogP contribution in [0.2, 0.25) is 0 Å². The maximum atomic E-state index is 11.1. The van der Waals surface area contributed by atoms with E-state index in [1.165, 1.54) is 12.1 Å². The number of aromatic hydroxyl groups is 1. The van der Waals surface area contributed by atoms with E-state index in [-0.39, 0.29) is 17.1 Å². The molecule has 0 saturated heterocycles. The molecule has 1 aromatic carbocycles. The van der Waals surface area contributed by atoms with Gasteiger partial charge in [-0.1, -0.05) is 12.6 Å². The SMILES string of the molecule is C=CC(=O)c1c(O)cccc1Br. The Hall–Kier alpha value is -1.09. The molecule has 62 valence electrons. The second-order valence-electron chi connectivity index (χ2n) is 2.20. The molecule has 3 heteroatoms. The summed E-state index contributed by atoms with van der Waals surface area (Å²) in [6.45, 7) is 3.34. The minimum Gasteiger partial charge on any atom is -0.507 e. The third-order valence-electron chi connectivity index (χ3n) is 1.42. The topological polar surface area (TPSA) is 37.3 Å². The molecule has 2 nitrogen and oxygen atoms in total. The lowest BCUT2D eigenvalue weighted by atomic mass is 10.1. The van der Waals surface area contributed by atoms with Crippen molar-refractivity contribution in [3.8, 4) is 5.75 Å². The van der Waals surface area contributed by atoms with E-state index < -0.39 is 0 Å². The van der Waals surface area contributed by atoms with Gasteiger partial charge < -0.3 is 5.11 Å². The van der Waals surface area contributed by atoms with Crippen molar-refractivity contribution in [3.63, 3.8) is 0 Å². The molecule has 0 heterocycles. The first kappa shape index (κ1) is 9.00. The minimum absolute atomic E-state index is 0.0331. The van der Waals surface area contributed by atoms with Crippen molar-refractivity contribution in [1.82, 2.24) is 0 Å². The predicted octanol–water partition coefficient (Wildman–Crippen LogP) is 2.52. The van der Waals surface area contributed by atoms with Gasteiger partial charge >= 0.3 is 0 Å².